The molecule has 30 heavy (non-hydrogen) atoms. The first-order valence-corrected chi connectivity index (χ1v) is 10.2. The van der Waals surface area contributed by atoms with Crippen molar-refractivity contribution in [2.24, 2.45) is 0 Å². The van der Waals surface area contributed by atoms with E-state index in [9.17, 15) is 9.59 Å². The van der Waals surface area contributed by atoms with E-state index in [2.05, 4.69) is 12.1 Å². The number of likely N-dealkylation sites (N-methyl/N-ethyl adjacent to an activating group) is 1. The SMILES string of the molecule is CN(C(=O)COC(=O)/C=C/c1ccc2c(c1)OCCO2)[C@@H]1CCCc2ccccc21. The van der Waals surface area contributed by atoms with Crippen molar-refractivity contribution in [1.29, 1.82) is 0 Å². The number of rotatable bonds is 5. The van der Waals surface area contributed by atoms with Crippen LogP contribution in [0.2, 0.25) is 0 Å². The molecule has 0 bridgehead atoms. The number of hydrogen-bond acceptors (Lipinski definition) is 5. The second-order valence-corrected chi connectivity index (χ2v) is 7.46. The third-order valence-corrected chi connectivity index (χ3v) is 5.51. The molecule has 156 valence electrons. The number of ether oxygens (including phenoxy) is 3. The molecule has 0 N–H and O–H groups in total. The van der Waals surface area contributed by atoms with Crippen LogP contribution >= 0.6 is 0 Å². The zero-order valence-corrected chi connectivity index (χ0v) is 17.0. The zero-order valence-electron chi connectivity index (χ0n) is 17.0. The first-order valence-electron chi connectivity index (χ1n) is 10.2. The highest BCUT2D eigenvalue weighted by molar-refractivity contribution is 5.89. The molecule has 2 aliphatic rings. The molecule has 2 aromatic rings. The predicted octanol–water partition coefficient (Wildman–Crippen LogP) is 3.55. The quantitative estimate of drug-likeness (QED) is 0.560. The summed E-state index contributed by atoms with van der Waals surface area (Å²) in [6, 6.07) is 13.7. The molecule has 1 heterocycles. The Labute approximate surface area is 176 Å². The molecule has 0 fully saturated rings. The van der Waals surface area contributed by atoms with Crippen molar-refractivity contribution in [3.63, 3.8) is 0 Å². The van der Waals surface area contributed by atoms with Crippen LogP contribution in [0, 0.1) is 0 Å². The molecule has 0 radical (unpaired) electrons. The number of nitrogens with zero attached hydrogens (tertiary/aromatic N) is 1. The molecule has 0 aromatic heterocycles. The maximum Gasteiger partial charge on any atom is 0.331 e. The average molecular weight is 407 g/mol. The first-order chi connectivity index (χ1) is 14.6. The van der Waals surface area contributed by atoms with Gasteiger partial charge in [0.05, 0.1) is 6.04 Å². The second-order valence-electron chi connectivity index (χ2n) is 7.46. The highest BCUT2D eigenvalue weighted by Crippen LogP contribution is 2.33. The highest BCUT2D eigenvalue weighted by Gasteiger charge is 2.26. The van der Waals surface area contributed by atoms with Crippen LogP contribution in [0.1, 0.15) is 35.6 Å². The summed E-state index contributed by atoms with van der Waals surface area (Å²) in [7, 11) is 1.77. The van der Waals surface area contributed by atoms with Gasteiger partial charge in [0.15, 0.2) is 18.1 Å². The lowest BCUT2D eigenvalue weighted by molar-refractivity contribution is -0.148. The molecule has 0 saturated carbocycles. The van der Waals surface area contributed by atoms with Gasteiger partial charge in [0.1, 0.15) is 13.2 Å². The van der Waals surface area contributed by atoms with Crippen LogP contribution in [0.25, 0.3) is 6.08 Å². The van der Waals surface area contributed by atoms with Gasteiger partial charge in [0, 0.05) is 13.1 Å². The molecule has 6 heteroatoms. The fourth-order valence-corrected chi connectivity index (χ4v) is 3.92. The third-order valence-electron chi connectivity index (χ3n) is 5.51. The summed E-state index contributed by atoms with van der Waals surface area (Å²) in [5, 5.41) is 0. The van der Waals surface area contributed by atoms with Gasteiger partial charge < -0.3 is 19.1 Å². The van der Waals surface area contributed by atoms with E-state index in [0.717, 1.165) is 24.8 Å². The molecule has 0 unspecified atom stereocenters. The summed E-state index contributed by atoms with van der Waals surface area (Å²) in [5.74, 6) is 0.577. The molecule has 0 saturated heterocycles. The molecule has 2 aromatic carbocycles. The van der Waals surface area contributed by atoms with Gasteiger partial charge >= 0.3 is 5.97 Å². The average Bonchev–Trinajstić information content (AvgIpc) is 2.80. The Morgan fingerprint density at radius 2 is 1.93 bits per heavy atom. The Balaban J connectivity index is 1.32. The van der Waals surface area contributed by atoms with Gasteiger partial charge in [-0.1, -0.05) is 30.3 Å². The van der Waals surface area contributed by atoms with Gasteiger partial charge in [-0.25, -0.2) is 4.79 Å². The molecule has 0 spiro atoms. The number of carbonyl (C=O) groups is 2. The number of aryl methyl sites for hydroxylation is 1. The standard InChI is InChI=1S/C24H25NO5/c1-25(20-8-4-6-18-5-2-3-7-19(18)20)23(26)16-30-24(27)12-10-17-9-11-21-22(15-17)29-14-13-28-21/h2-3,5,7,9-12,15,20H,4,6,8,13-14,16H2,1H3/b12-10+/t20-/m1/s1. The minimum atomic E-state index is -0.560. The van der Waals surface area contributed by atoms with E-state index >= 15 is 0 Å². The Morgan fingerprint density at radius 1 is 1.13 bits per heavy atom. The van der Waals surface area contributed by atoms with E-state index in [1.807, 2.05) is 18.2 Å². The maximum atomic E-state index is 12.6. The number of carbonyl (C=O) groups excluding carboxylic acids is 2. The zero-order chi connectivity index (χ0) is 20.9. The number of esters is 1. The molecular weight excluding hydrogens is 382 g/mol. The topological polar surface area (TPSA) is 65.1 Å². The molecule has 4 rings (SSSR count). The molecule has 1 aliphatic heterocycles. The lowest BCUT2D eigenvalue weighted by atomic mass is 9.87. The van der Waals surface area contributed by atoms with Crippen molar-refractivity contribution in [2.75, 3.05) is 26.9 Å². The third kappa shape index (κ3) is 4.48. The number of hydrogen-bond donors (Lipinski definition) is 0. The Hall–Kier alpha value is -3.28. The normalized spacial score (nSPS) is 17.3. The highest BCUT2D eigenvalue weighted by atomic mass is 16.6. The summed E-state index contributed by atoms with van der Waals surface area (Å²) >= 11 is 0. The van der Waals surface area contributed by atoms with Crippen molar-refractivity contribution in [1.82, 2.24) is 4.90 Å². The van der Waals surface area contributed by atoms with Crippen molar-refractivity contribution in [3.05, 3.63) is 65.2 Å². The van der Waals surface area contributed by atoms with Crippen molar-refractivity contribution >= 4 is 18.0 Å². The summed E-state index contributed by atoms with van der Waals surface area (Å²) in [6.45, 7) is 0.756. The van der Waals surface area contributed by atoms with Crippen molar-refractivity contribution in [3.8, 4) is 11.5 Å². The van der Waals surface area contributed by atoms with Crippen LogP contribution in [0.3, 0.4) is 0 Å². The summed E-state index contributed by atoms with van der Waals surface area (Å²) in [5.41, 5.74) is 3.26. The summed E-state index contributed by atoms with van der Waals surface area (Å²) in [6.07, 6.45) is 5.93. The molecule has 1 aliphatic carbocycles. The summed E-state index contributed by atoms with van der Waals surface area (Å²) < 4.78 is 16.2. The van der Waals surface area contributed by atoms with Crippen molar-refractivity contribution < 1.29 is 23.8 Å². The van der Waals surface area contributed by atoms with Gasteiger partial charge in [0.2, 0.25) is 0 Å². The minimum Gasteiger partial charge on any atom is -0.486 e. The fourth-order valence-electron chi connectivity index (χ4n) is 3.92. The minimum absolute atomic E-state index is 0.0226. The van der Waals surface area contributed by atoms with E-state index in [1.54, 1.807) is 30.2 Å². The number of benzene rings is 2. The molecular formula is C24H25NO5. The first kappa shape index (κ1) is 20.0. The van der Waals surface area contributed by atoms with Gasteiger partial charge in [-0.15, -0.1) is 0 Å². The Bertz CT molecular complexity index is 968. The van der Waals surface area contributed by atoms with E-state index in [1.165, 1.54) is 17.2 Å². The van der Waals surface area contributed by atoms with Gasteiger partial charge in [-0.05, 0) is 54.2 Å². The van der Waals surface area contributed by atoms with Crippen LogP contribution in [-0.2, 0) is 20.7 Å². The van der Waals surface area contributed by atoms with E-state index in [-0.39, 0.29) is 18.6 Å². The van der Waals surface area contributed by atoms with E-state index in [0.29, 0.717) is 24.7 Å². The van der Waals surface area contributed by atoms with Gasteiger partial charge in [0.25, 0.3) is 5.91 Å². The van der Waals surface area contributed by atoms with Crippen LogP contribution in [0.4, 0.5) is 0 Å². The maximum absolute atomic E-state index is 12.6. The summed E-state index contributed by atoms with van der Waals surface area (Å²) in [4.78, 5) is 26.3. The van der Waals surface area contributed by atoms with Gasteiger partial charge in [-0.3, -0.25) is 4.79 Å². The smallest absolute Gasteiger partial charge is 0.331 e. The van der Waals surface area contributed by atoms with Crippen molar-refractivity contribution in [2.45, 2.75) is 25.3 Å². The monoisotopic (exact) mass is 407 g/mol. The lowest BCUT2D eigenvalue weighted by Gasteiger charge is -2.33. The molecule has 1 amide bonds. The largest absolute Gasteiger partial charge is 0.486 e. The molecule has 6 nitrogen and oxygen atoms in total. The van der Waals surface area contributed by atoms with Crippen LogP contribution in [0.15, 0.2) is 48.5 Å². The molecule has 1 atom stereocenters. The van der Waals surface area contributed by atoms with Gasteiger partial charge in [-0.2, -0.15) is 0 Å². The van der Waals surface area contributed by atoms with Crippen LogP contribution in [0.5, 0.6) is 11.5 Å². The predicted molar refractivity (Wildman–Crippen MR) is 112 cm³/mol. The Morgan fingerprint density at radius 3 is 2.80 bits per heavy atom. The van der Waals surface area contributed by atoms with E-state index < -0.39 is 5.97 Å². The lowest BCUT2D eigenvalue weighted by Crippen LogP contribution is -2.36. The fraction of sp³-hybridized carbons (Fsp3) is 0.333. The van der Waals surface area contributed by atoms with E-state index in [4.69, 9.17) is 14.2 Å². The Kier molecular flexibility index (Phi) is 6.02. The van der Waals surface area contributed by atoms with Crippen LogP contribution in [-0.4, -0.2) is 43.6 Å². The number of amides is 1. The number of fused-ring (bicyclic) bond motifs is 2. The van der Waals surface area contributed by atoms with Crippen LogP contribution < -0.4 is 9.47 Å². The second kappa shape index (κ2) is 9.03.